The molecule has 1 unspecified atom stereocenters. The predicted molar refractivity (Wildman–Crippen MR) is 74.6 cm³/mol. The number of hydrogen-bond donors (Lipinski definition) is 1. The Morgan fingerprint density at radius 2 is 1.82 bits per heavy atom. The Morgan fingerprint density at radius 3 is 2.35 bits per heavy atom. The molecule has 0 aliphatic carbocycles. The van der Waals surface area contributed by atoms with Gasteiger partial charge in [0.15, 0.2) is 0 Å². The molecule has 1 atom stereocenters. The Bertz CT molecular complexity index is 305. The lowest BCUT2D eigenvalue weighted by Crippen LogP contribution is -2.18. The van der Waals surface area contributed by atoms with Crippen LogP contribution in [0.5, 0.6) is 0 Å². The van der Waals surface area contributed by atoms with Crippen LogP contribution < -0.4 is 4.90 Å². The number of nitrogens with zero attached hydrogens (tertiary/aromatic N) is 1. The van der Waals surface area contributed by atoms with E-state index in [1.54, 1.807) is 0 Å². The Kier molecular flexibility index (Phi) is 6.06. The molecule has 2 heteroatoms. The van der Waals surface area contributed by atoms with Gasteiger partial charge in [0.2, 0.25) is 0 Å². The SMILES string of the molecule is CCc1ccc(N(C)CCCCC(C)O)cc1. The van der Waals surface area contributed by atoms with Crippen molar-refractivity contribution in [1.82, 2.24) is 0 Å². The topological polar surface area (TPSA) is 23.5 Å². The van der Waals surface area contributed by atoms with Crippen molar-refractivity contribution in [2.75, 3.05) is 18.5 Å². The Hall–Kier alpha value is -1.02. The van der Waals surface area contributed by atoms with Gasteiger partial charge in [-0.05, 0) is 50.3 Å². The summed E-state index contributed by atoms with van der Waals surface area (Å²) in [5.74, 6) is 0. The first-order valence-electron chi connectivity index (χ1n) is 6.61. The Morgan fingerprint density at radius 1 is 1.18 bits per heavy atom. The summed E-state index contributed by atoms with van der Waals surface area (Å²) < 4.78 is 0. The van der Waals surface area contributed by atoms with Gasteiger partial charge in [-0.15, -0.1) is 0 Å². The molecule has 17 heavy (non-hydrogen) atoms. The van der Waals surface area contributed by atoms with E-state index in [1.807, 2.05) is 6.92 Å². The van der Waals surface area contributed by atoms with Crippen LogP contribution in [0.3, 0.4) is 0 Å². The largest absolute Gasteiger partial charge is 0.393 e. The minimum Gasteiger partial charge on any atom is -0.393 e. The molecule has 1 aromatic rings. The van der Waals surface area contributed by atoms with Gasteiger partial charge in [0, 0.05) is 19.3 Å². The number of unbranched alkanes of at least 4 members (excludes halogenated alkanes) is 1. The first-order chi connectivity index (χ1) is 8.13. The first-order valence-corrected chi connectivity index (χ1v) is 6.61. The lowest BCUT2D eigenvalue weighted by atomic mass is 10.1. The second kappa shape index (κ2) is 7.33. The number of aliphatic hydroxyl groups is 1. The number of benzene rings is 1. The van der Waals surface area contributed by atoms with Gasteiger partial charge in [-0.1, -0.05) is 19.1 Å². The smallest absolute Gasteiger partial charge is 0.0512 e. The molecule has 96 valence electrons. The molecule has 0 radical (unpaired) electrons. The molecule has 0 heterocycles. The summed E-state index contributed by atoms with van der Waals surface area (Å²) in [5, 5.41) is 9.18. The maximum Gasteiger partial charge on any atom is 0.0512 e. The number of rotatable bonds is 7. The third-order valence-electron chi connectivity index (χ3n) is 3.15. The lowest BCUT2D eigenvalue weighted by molar-refractivity contribution is 0.181. The van der Waals surface area contributed by atoms with Gasteiger partial charge in [0.25, 0.3) is 0 Å². The third kappa shape index (κ3) is 5.22. The molecule has 0 bridgehead atoms. The van der Waals surface area contributed by atoms with Crippen LogP contribution in [-0.2, 0) is 6.42 Å². The standard InChI is InChI=1S/C15H25NO/c1-4-14-8-10-15(11-9-14)16(3)12-6-5-7-13(2)17/h8-11,13,17H,4-7,12H2,1-3H3. The lowest BCUT2D eigenvalue weighted by Gasteiger charge is -2.19. The van der Waals surface area contributed by atoms with Gasteiger partial charge < -0.3 is 10.0 Å². The van der Waals surface area contributed by atoms with Gasteiger partial charge in [0.1, 0.15) is 0 Å². The van der Waals surface area contributed by atoms with E-state index in [0.717, 1.165) is 32.2 Å². The fraction of sp³-hybridized carbons (Fsp3) is 0.600. The van der Waals surface area contributed by atoms with E-state index in [0.29, 0.717) is 0 Å². The van der Waals surface area contributed by atoms with Crippen molar-refractivity contribution in [3.8, 4) is 0 Å². The summed E-state index contributed by atoms with van der Waals surface area (Å²) >= 11 is 0. The van der Waals surface area contributed by atoms with E-state index >= 15 is 0 Å². The Balaban J connectivity index is 2.33. The second-order valence-electron chi connectivity index (χ2n) is 4.79. The summed E-state index contributed by atoms with van der Waals surface area (Å²) in [6, 6.07) is 8.77. The summed E-state index contributed by atoms with van der Waals surface area (Å²) in [6.45, 7) is 5.08. The second-order valence-corrected chi connectivity index (χ2v) is 4.79. The number of hydrogen-bond acceptors (Lipinski definition) is 2. The van der Waals surface area contributed by atoms with E-state index in [2.05, 4.69) is 43.1 Å². The van der Waals surface area contributed by atoms with E-state index in [-0.39, 0.29) is 6.10 Å². The highest BCUT2D eigenvalue weighted by molar-refractivity contribution is 5.46. The highest BCUT2D eigenvalue weighted by Crippen LogP contribution is 2.15. The van der Waals surface area contributed by atoms with Gasteiger partial charge in [-0.3, -0.25) is 0 Å². The zero-order chi connectivity index (χ0) is 12.7. The molecule has 0 fully saturated rings. The van der Waals surface area contributed by atoms with Crippen molar-refractivity contribution in [3.63, 3.8) is 0 Å². The van der Waals surface area contributed by atoms with Crippen LogP contribution in [0.2, 0.25) is 0 Å². The summed E-state index contributed by atoms with van der Waals surface area (Å²) in [7, 11) is 2.13. The third-order valence-corrected chi connectivity index (χ3v) is 3.15. The molecular weight excluding hydrogens is 210 g/mol. The van der Waals surface area contributed by atoms with E-state index in [9.17, 15) is 5.11 Å². The van der Waals surface area contributed by atoms with Gasteiger partial charge >= 0.3 is 0 Å². The molecule has 0 saturated carbocycles. The molecule has 0 amide bonds. The van der Waals surface area contributed by atoms with Gasteiger partial charge in [-0.2, -0.15) is 0 Å². The summed E-state index contributed by atoms with van der Waals surface area (Å²) in [5.41, 5.74) is 2.66. The fourth-order valence-electron chi connectivity index (χ4n) is 1.90. The number of anilines is 1. The summed E-state index contributed by atoms with van der Waals surface area (Å²) in [6.07, 6.45) is 4.07. The minimum absolute atomic E-state index is 0.163. The van der Waals surface area contributed by atoms with Crippen LogP contribution >= 0.6 is 0 Å². The quantitative estimate of drug-likeness (QED) is 0.733. The molecule has 1 N–H and O–H groups in total. The molecule has 0 aliphatic rings. The van der Waals surface area contributed by atoms with Crippen LogP contribution in [0.25, 0.3) is 0 Å². The number of aryl methyl sites for hydroxylation is 1. The van der Waals surface area contributed by atoms with Crippen LogP contribution in [0, 0.1) is 0 Å². The molecule has 1 rings (SSSR count). The Labute approximate surface area is 105 Å². The summed E-state index contributed by atoms with van der Waals surface area (Å²) in [4.78, 5) is 2.28. The van der Waals surface area contributed by atoms with Crippen molar-refractivity contribution < 1.29 is 5.11 Å². The molecule has 0 aromatic heterocycles. The predicted octanol–water partition coefficient (Wildman–Crippen LogP) is 3.24. The van der Waals surface area contributed by atoms with Crippen molar-refractivity contribution >= 4 is 5.69 Å². The maximum absolute atomic E-state index is 9.18. The van der Waals surface area contributed by atoms with E-state index < -0.39 is 0 Å². The zero-order valence-corrected chi connectivity index (χ0v) is 11.3. The zero-order valence-electron chi connectivity index (χ0n) is 11.3. The van der Waals surface area contributed by atoms with Crippen molar-refractivity contribution in [3.05, 3.63) is 29.8 Å². The molecule has 2 nitrogen and oxygen atoms in total. The molecule has 0 aliphatic heterocycles. The highest BCUT2D eigenvalue weighted by Gasteiger charge is 2.01. The van der Waals surface area contributed by atoms with Crippen LogP contribution in [0.4, 0.5) is 5.69 Å². The van der Waals surface area contributed by atoms with Crippen LogP contribution in [0.15, 0.2) is 24.3 Å². The first kappa shape index (κ1) is 14.0. The average molecular weight is 235 g/mol. The van der Waals surface area contributed by atoms with Crippen molar-refractivity contribution in [1.29, 1.82) is 0 Å². The molecule has 0 saturated heterocycles. The van der Waals surface area contributed by atoms with E-state index in [4.69, 9.17) is 0 Å². The van der Waals surface area contributed by atoms with Gasteiger partial charge in [-0.25, -0.2) is 0 Å². The van der Waals surface area contributed by atoms with Crippen molar-refractivity contribution in [2.24, 2.45) is 0 Å². The molecule has 0 spiro atoms. The number of aliphatic hydroxyl groups excluding tert-OH is 1. The minimum atomic E-state index is -0.163. The molecule has 1 aromatic carbocycles. The van der Waals surface area contributed by atoms with Crippen molar-refractivity contribution in [2.45, 2.75) is 45.6 Å². The van der Waals surface area contributed by atoms with Crippen LogP contribution in [0.1, 0.15) is 38.7 Å². The maximum atomic E-state index is 9.18. The highest BCUT2D eigenvalue weighted by atomic mass is 16.3. The van der Waals surface area contributed by atoms with E-state index in [1.165, 1.54) is 11.3 Å². The monoisotopic (exact) mass is 235 g/mol. The fourth-order valence-corrected chi connectivity index (χ4v) is 1.90. The molecular formula is C15H25NO. The normalized spacial score (nSPS) is 12.5. The van der Waals surface area contributed by atoms with Gasteiger partial charge in [0.05, 0.1) is 6.10 Å². The average Bonchev–Trinajstić information content (AvgIpc) is 2.34. The van der Waals surface area contributed by atoms with Crippen LogP contribution in [-0.4, -0.2) is 24.8 Å².